The fraction of sp³-hybridized carbons (Fsp3) is 0.667. The van der Waals surface area contributed by atoms with Crippen LogP contribution in [0.3, 0.4) is 0 Å². The molecule has 0 fully saturated rings. The number of hydrogen-bond donors (Lipinski definition) is 1. The molecular formula is C9H15NOS. The van der Waals surface area contributed by atoms with E-state index in [0.29, 0.717) is 0 Å². The zero-order valence-corrected chi connectivity index (χ0v) is 8.40. The second kappa shape index (κ2) is 4.01. The van der Waals surface area contributed by atoms with Crippen LogP contribution < -0.4 is 0 Å². The predicted octanol–water partition coefficient (Wildman–Crippen LogP) is 2.09. The van der Waals surface area contributed by atoms with Crippen molar-refractivity contribution in [3.63, 3.8) is 0 Å². The van der Waals surface area contributed by atoms with Gasteiger partial charge in [0.1, 0.15) is 0 Å². The van der Waals surface area contributed by atoms with Crippen LogP contribution >= 0.6 is 11.3 Å². The lowest BCUT2D eigenvalue weighted by atomic mass is 9.85. The minimum absolute atomic E-state index is 0.0118. The molecule has 0 saturated heterocycles. The van der Waals surface area contributed by atoms with E-state index < -0.39 is 0 Å². The maximum atomic E-state index is 9.16. The predicted molar refractivity (Wildman–Crippen MR) is 51.3 cm³/mol. The topological polar surface area (TPSA) is 33.1 Å². The second-order valence-electron chi connectivity index (χ2n) is 3.42. The molecule has 1 aromatic heterocycles. The third kappa shape index (κ3) is 2.29. The van der Waals surface area contributed by atoms with Gasteiger partial charge in [-0.15, -0.1) is 11.3 Å². The second-order valence-corrected chi connectivity index (χ2v) is 4.40. The molecule has 0 aromatic carbocycles. The van der Waals surface area contributed by atoms with Crippen molar-refractivity contribution >= 4 is 11.3 Å². The van der Waals surface area contributed by atoms with Crippen LogP contribution in [0.2, 0.25) is 0 Å². The van der Waals surface area contributed by atoms with E-state index in [-0.39, 0.29) is 12.0 Å². The van der Waals surface area contributed by atoms with Gasteiger partial charge in [-0.3, -0.25) is 0 Å². The van der Waals surface area contributed by atoms with Crippen LogP contribution in [0.15, 0.2) is 11.6 Å². The Hall–Kier alpha value is -0.410. The third-order valence-electron chi connectivity index (χ3n) is 2.30. The summed E-state index contributed by atoms with van der Waals surface area (Å²) in [6, 6.07) is 0. The van der Waals surface area contributed by atoms with Crippen LogP contribution in [0, 0.1) is 5.41 Å². The Labute approximate surface area is 77.3 Å². The molecule has 3 heteroatoms. The van der Waals surface area contributed by atoms with E-state index in [1.54, 1.807) is 11.3 Å². The van der Waals surface area contributed by atoms with Crippen LogP contribution in [-0.2, 0) is 6.42 Å². The fourth-order valence-corrected chi connectivity index (χ4v) is 1.83. The Morgan fingerprint density at radius 1 is 1.67 bits per heavy atom. The first-order valence-corrected chi connectivity index (χ1v) is 5.07. The molecule has 2 nitrogen and oxygen atoms in total. The van der Waals surface area contributed by atoms with Gasteiger partial charge in [0.15, 0.2) is 0 Å². The summed E-state index contributed by atoms with van der Waals surface area (Å²) in [5.74, 6) is 0. The molecule has 0 aliphatic carbocycles. The van der Waals surface area contributed by atoms with Gasteiger partial charge in [0.25, 0.3) is 0 Å². The molecule has 0 radical (unpaired) electrons. The monoisotopic (exact) mass is 185 g/mol. The highest BCUT2D eigenvalue weighted by atomic mass is 32.1. The molecule has 0 saturated carbocycles. The molecule has 1 aromatic rings. The van der Waals surface area contributed by atoms with Gasteiger partial charge in [-0.2, -0.15) is 0 Å². The lowest BCUT2D eigenvalue weighted by Crippen LogP contribution is -2.23. The minimum atomic E-state index is 0.0118. The van der Waals surface area contributed by atoms with Crippen LogP contribution in [0.4, 0.5) is 0 Å². The van der Waals surface area contributed by atoms with Crippen molar-refractivity contribution in [2.45, 2.75) is 26.7 Å². The maximum Gasteiger partial charge on any atom is 0.0931 e. The molecule has 0 bridgehead atoms. The van der Waals surface area contributed by atoms with Crippen LogP contribution in [0.5, 0.6) is 0 Å². The first kappa shape index (κ1) is 9.68. The molecule has 0 aliphatic rings. The molecule has 0 amide bonds. The van der Waals surface area contributed by atoms with Crippen LogP contribution in [-0.4, -0.2) is 16.7 Å². The Kier molecular flexibility index (Phi) is 3.23. The Balaban J connectivity index is 2.60. The number of aliphatic hydroxyl groups excluding tert-OH is 1. The molecule has 1 heterocycles. The largest absolute Gasteiger partial charge is 0.396 e. The summed E-state index contributed by atoms with van der Waals surface area (Å²) in [5.41, 5.74) is 0.0118. The van der Waals surface area contributed by atoms with Gasteiger partial charge >= 0.3 is 0 Å². The highest BCUT2D eigenvalue weighted by Crippen LogP contribution is 2.26. The van der Waals surface area contributed by atoms with E-state index >= 15 is 0 Å². The van der Waals surface area contributed by atoms with Crippen molar-refractivity contribution in [3.8, 4) is 0 Å². The summed E-state index contributed by atoms with van der Waals surface area (Å²) >= 11 is 1.66. The lowest BCUT2D eigenvalue weighted by molar-refractivity contribution is 0.137. The van der Waals surface area contributed by atoms with Crippen molar-refractivity contribution < 1.29 is 5.11 Å². The summed E-state index contributed by atoms with van der Waals surface area (Å²) in [4.78, 5) is 4.20. The number of nitrogens with zero attached hydrogens (tertiary/aromatic N) is 1. The average Bonchev–Trinajstić information content (AvgIpc) is 2.57. The van der Waals surface area contributed by atoms with Gasteiger partial charge < -0.3 is 5.11 Å². The number of hydrogen-bond acceptors (Lipinski definition) is 3. The van der Waals surface area contributed by atoms with Gasteiger partial charge in [0.05, 0.1) is 5.01 Å². The molecule has 1 atom stereocenters. The van der Waals surface area contributed by atoms with Crippen molar-refractivity contribution in [3.05, 3.63) is 16.6 Å². The SMILES string of the molecule is CCC(C)(CO)Cc1nccs1. The normalized spacial score (nSPS) is 15.9. The Morgan fingerprint density at radius 2 is 2.42 bits per heavy atom. The summed E-state index contributed by atoms with van der Waals surface area (Å²) in [7, 11) is 0. The zero-order chi connectivity index (χ0) is 9.03. The molecule has 12 heavy (non-hydrogen) atoms. The molecule has 1 rings (SSSR count). The number of rotatable bonds is 4. The van der Waals surface area contributed by atoms with E-state index in [2.05, 4.69) is 18.8 Å². The van der Waals surface area contributed by atoms with E-state index in [1.165, 1.54) is 0 Å². The highest BCUT2D eigenvalue weighted by Gasteiger charge is 2.22. The van der Waals surface area contributed by atoms with Gasteiger partial charge in [-0.1, -0.05) is 13.8 Å². The van der Waals surface area contributed by atoms with Gasteiger partial charge in [0, 0.05) is 24.6 Å². The van der Waals surface area contributed by atoms with E-state index in [0.717, 1.165) is 17.8 Å². The summed E-state index contributed by atoms with van der Waals surface area (Å²) < 4.78 is 0. The molecule has 1 N–H and O–H groups in total. The van der Waals surface area contributed by atoms with Crippen molar-refractivity contribution in [2.75, 3.05) is 6.61 Å². The number of aromatic nitrogens is 1. The number of aliphatic hydroxyl groups is 1. The molecule has 1 unspecified atom stereocenters. The summed E-state index contributed by atoms with van der Waals surface area (Å²) in [6.45, 7) is 4.43. The molecular weight excluding hydrogens is 170 g/mol. The third-order valence-corrected chi connectivity index (χ3v) is 3.08. The van der Waals surface area contributed by atoms with Crippen molar-refractivity contribution in [1.82, 2.24) is 4.98 Å². The smallest absolute Gasteiger partial charge is 0.0931 e. The lowest BCUT2D eigenvalue weighted by Gasteiger charge is -2.23. The van der Waals surface area contributed by atoms with Crippen molar-refractivity contribution in [1.29, 1.82) is 0 Å². The summed E-state index contributed by atoms with van der Waals surface area (Å²) in [5, 5.41) is 12.3. The Morgan fingerprint density at radius 3 is 2.83 bits per heavy atom. The van der Waals surface area contributed by atoms with E-state index in [1.807, 2.05) is 11.6 Å². The quantitative estimate of drug-likeness (QED) is 0.779. The van der Waals surface area contributed by atoms with Gasteiger partial charge in [0.2, 0.25) is 0 Å². The summed E-state index contributed by atoms with van der Waals surface area (Å²) in [6.07, 6.45) is 3.69. The standard InChI is InChI=1S/C9H15NOS/c1-3-9(2,7-11)6-8-10-4-5-12-8/h4-5,11H,3,6-7H2,1-2H3. The Bertz CT molecular complexity index is 216. The maximum absolute atomic E-state index is 9.16. The van der Waals surface area contributed by atoms with Crippen LogP contribution in [0.1, 0.15) is 25.3 Å². The van der Waals surface area contributed by atoms with Gasteiger partial charge in [-0.05, 0) is 11.8 Å². The average molecular weight is 185 g/mol. The zero-order valence-electron chi connectivity index (χ0n) is 7.58. The van der Waals surface area contributed by atoms with E-state index in [4.69, 9.17) is 5.11 Å². The number of thiazole rings is 1. The van der Waals surface area contributed by atoms with Crippen molar-refractivity contribution in [2.24, 2.45) is 5.41 Å². The van der Waals surface area contributed by atoms with Crippen LogP contribution in [0.25, 0.3) is 0 Å². The van der Waals surface area contributed by atoms with Gasteiger partial charge in [-0.25, -0.2) is 4.98 Å². The first-order chi connectivity index (χ1) is 5.70. The highest BCUT2D eigenvalue weighted by molar-refractivity contribution is 7.09. The molecule has 0 aliphatic heterocycles. The van der Waals surface area contributed by atoms with E-state index in [9.17, 15) is 0 Å². The molecule has 0 spiro atoms. The first-order valence-electron chi connectivity index (χ1n) is 4.19. The fourth-order valence-electron chi connectivity index (χ4n) is 0.998. The molecule has 68 valence electrons. The minimum Gasteiger partial charge on any atom is -0.396 e.